The number of rotatable bonds is 5. The Hall–Kier alpha value is -2.56. The van der Waals surface area contributed by atoms with Crippen LogP contribution in [0.1, 0.15) is 53.9 Å². The molecule has 0 aliphatic rings. The number of aromatic nitrogens is 4. The summed E-state index contributed by atoms with van der Waals surface area (Å²) in [6, 6.07) is 6.18. The van der Waals surface area contributed by atoms with Crippen LogP contribution in [0.15, 0.2) is 23.0 Å². The van der Waals surface area contributed by atoms with E-state index in [-0.39, 0.29) is 5.56 Å². The molecule has 1 N–H and O–H groups in total. The van der Waals surface area contributed by atoms with Crippen molar-refractivity contribution in [1.29, 1.82) is 0 Å². The molecule has 0 spiro atoms. The lowest BCUT2D eigenvalue weighted by Crippen LogP contribution is -2.19. The summed E-state index contributed by atoms with van der Waals surface area (Å²) in [6.07, 6.45) is 3.26. The molecule has 0 saturated heterocycles. The molecule has 0 atom stereocenters. The maximum absolute atomic E-state index is 12.3. The molecule has 1 aromatic carbocycles. The summed E-state index contributed by atoms with van der Waals surface area (Å²) in [4.78, 5) is 29.1. The van der Waals surface area contributed by atoms with Gasteiger partial charge < -0.3 is 4.98 Å². The normalized spacial score (nSPS) is 11.2. The van der Waals surface area contributed by atoms with Gasteiger partial charge in [-0.15, -0.1) is 0 Å². The van der Waals surface area contributed by atoms with E-state index in [1.807, 2.05) is 20.8 Å². The van der Waals surface area contributed by atoms with Crippen molar-refractivity contribution in [2.24, 2.45) is 0 Å². The molecule has 2 heterocycles. The van der Waals surface area contributed by atoms with Crippen LogP contribution < -0.4 is 5.56 Å². The third-order valence-electron chi connectivity index (χ3n) is 4.47. The highest BCUT2D eigenvalue weighted by molar-refractivity contribution is 5.81. The van der Waals surface area contributed by atoms with Crippen molar-refractivity contribution in [3.63, 3.8) is 0 Å². The molecule has 0 unspecified atom stereocenters. The SMILES string of the molecule is CCCCc1c(C)nc(Cc2nc(C)c3ccc(C)cc3n2)[nH]c1=O. The zero-order chi connectivity index (χ0) is 18.0. The number of nitrogens with one attached hydrogen (secondary N) is 1. The highest BCUT2D eigenvalue weighted by atomic mass is 16.1. The van der Waals surface area contributed by atoms with Crippen LogP contribution in [0.2, 0.25) is 0 Å². The quantitative estimate of drug-likeness (QED) is 0.773. The molecule has 3 aromatic rings. The van der Waals surface area contributed by atoms with Gasteiger partial charge in [-0.2, -0.15) is 0 Å². The number of nitrogens with zero attached hydrogens (tertiary/aromatic N) is 3. The Kier molecular flexibility index (Phi) is 4.93. The molecule has 5 heteroatoms. The van der Waals surface area contributed by atoms with Crippen LogP contribution in [0.25, 0.3) is 10.9 Å². The standard InChI is InChI=1S/C20H24N4O/c1-5-6-7-16-14(4)22-19(24-20(16)25)11-18-21-13(3)15-9-8-12(2)10-17(15)23-18/h8-10H,5-7,11H2,1-4H3,(H,22,24,25). The molecule has 0 radical (unpaired) electrons. The molecule has 0 aliphatic heterocycles. The molecule has 5 nitrogen and oxygen atoms in total. The fourth-order valence-corrected chi connectivity index (χ4v) is 3.09. The summed E-state index contributed by atoms with van der Waals surface area (Å²) in [5.74, 6) is 1.30. The van der Waals surface area contributed by atoms with E-state index in [9.17, 15) is 4.79 Å². The number of fused-ring (bicyclic) bond motifs is 1. The first kappa shape index (κ1) is 17.3. The van der Waals surface area contributed by atoms with Crippen LogP contribution in [0.5, 0.6) is 0 Å². The van der Waals surface area contributed by atoms with E-state index in [1.54, 1.807) is 0 Å². The van der Waals surface area contributed by atoms with Crippen molar-refractivity contribution in [1.82, 2.24) is 19.9 Å². The van der Waals surface area contributed by atoms with E-state index in [2.05, 4.69) is 45.1 Å². The second-order valence-corrected chi connectivity index (χ2v) is 6.60. The van der Waals surface area contributed by atoms with Gasteiger partial charge in [-0.3, -0.25) is 4.79 Å². The van der Waals surface area contributed by atoms with Gasteiger partial charge in [-0.25, -0.2) is 15.0 Å². The van der Waals surface area contributed by atoms with Gasteiger partial charge in [0.05, 0.1) is 11.9 Å². The van der Waals surface area contributed by atoms with E-state index >= 15 is 0 Å². The van der Waals surface area contributed by atoms with Crippen molar-refractivity contribution in [2.75, 3.05) is 0 Å². The largest absolute Gasteiger partial charge is 0.310 e. The zero-order valence-electron chi connectivity index (χ0n) is 15.3. The van der Waals surface area contributed by atoms with Crippen molar-refractivity contribution < 1.29 is 0 Å². The molecule has 0 saturated carbocycles. The number of H-pyrrole nitrogens is 1. The van der Waals surface area contributed by atoms with Crippen LogP contribution >= 0.6 is 0 Å². The zero-order valence-corrected chi connectivity index (χ0v) is 15.3. The van der Waals surface area contributed by atoms with E-state index in [4.69, 9.17) is 0 Å². The molecule has 0 bridgehead atoms. The van der Waals surface area contributed by atoms with Gasteiger partial charge in [0.15, 0.2) is 0 Å². The Bertz CT molecular complexity index is 975. The minimum atomic E-state index is -0.0377. The molecule has 0 aliphatic carbocycles. The van der Waals surface area contributed by atoms with E-state index < -0.39 is 0 Å². The summed E-state index contributed by atoms with van der Waals surface area (Å²) in [5, 5.41) is 1.06. The number of aryl methyl sites for hydroxylation is 3. The van der Waals surface area contributed by atoms with Crippen molar-refractivity contribution in [3.8, 4) is 0 Å². The van der Waals surface area contributed by atoms with E-state index in [0.717, 1.165) is 47.1 Å². The Balaban J connectivity index is 1.94. The smallest absolute Gasteiger partial charge is 0.254 e. The van der Waals surface area contributed by atoms with Crippen LogP contribution in [0.3, 0.4) is 0 Å². The molecule has 3 rings (SSSR count). The molecule has 0 fully saturated rings. The maximum atomic E-state index is 12.3. The topological polar surface area (TPSA) is 71.5 Å². The van der Waals surface area contributed by atoms with Gasteiger partial charge in [-0.05, 0) is 45.2 Å². The average molecular weight is 336 g/mol. The first-order chi connectivity index (χ1) is 12.0. The minimum Gasteiger partial charge on any atom is -0.310 e. The molecular weight excluding hydrogens is 312 g/mol. The predicted molar refractivity (Wildman–Crippen MR) is 100 cm³/mol. The van der Waals surface area contributed by atoms with Crippen molar-refractivity contribution >= 4 is 10.9 Å². The Morgan fingerprint density at radius 2 is 1.84 bits per heavy atom. The second kappa shape index (κ2) is 7.13. The number of unbranched alkanes of at least 4 members (excludes halogenated alkanes) is 1. The highest BCUT2D eigenvalue weighted by Gasteiger charge is 2.11. The number of aromatic amines is 1. The highest BCUT2D eigenvalue weighted by Crippen LogP contribution is 2.17. The van der Waals surface area contributed by atoms with Crippen LogP contribution in [0.4, 0.5) is 0 Å². The van der Waals surface area contributed by atoms with Crippen molar-refractivity contribution in [3.05, 3.63) is 62.7 Å². The maximum Gasteiger partial charge on any atom is 0.254 e. The third kappa shape index (κ3) is 3.76. The fraction of sp³-hybridized carbons (Fsp3) is 0.400. The summed E-state index contributed by atoms with van der Waals surface area (Å²) in [6.45, 7) is 8.05. The minimum absolute atomic E-state index is 0.0377. The first-order valence-electron chi connectivity index (χ1n) is 8.80. The second-order valence-electron chi connectivity index (χ2n) is 6.60. The number of benzene rings is 1. The lowest BCUT2D eigenvalue weighted by Gasteiger charge is -2.08. The third-order valence-corrected chi connectivity index (χ3v) is 4.47. The van der Waals surface area contributed by atoms with Gasteiger partial charge in [-0.1, -0.05) is 25.5 Å². The lowest BCUT2D eigenvalue weighted by atomic mass is 10.1. The van der Waals surface area contributed by atoms with Gasteiger partial charge in [0.1, 0.15) is 11.6 Å². The van der Waals surface area contributed by atoms with Crippen LogP contribution in [-0.4, -0.2) is 19.9 Å². The molecule has 25 heavy (non-hydrogen) atoms. The molecule has 2 aromatic heterocycles. The van der Waals surface area contributed by atoms with Gasteiger partial charge in [0.2, 0.25) is 0 Å². The van der Waals surface area contributed by atoms with Crippen LogP contribution in [0, 0.1) is 20.8 Å². The van der Waals surface area contributed by atoms with E-state index in [1.165, 1.54) is 5.56 Å². The lowest BCUT2D eigenvalue weighted by molar-refractivity contribution is 0.761. The fourth-order valence-electron chi connectivity index (χ4n) is 3.09. The Labute approximate surface area is 147 Å². The Morgan fingerprint density at radius 3 is 2.56 bits per heavy atom. The monoisotopic (exact) mass is 336 g/mol. The molecule has 0 amide bonds. The summed E-state index contributed by atoms with van der Waals surface area (Å²) < 4.78 is 0. The summed E-state index contributed by atoms with van der Waals surface area (Å²) >= 11 is 0. The van der Waals surface area contributed by atoms with Crippen molar-refractivity contribution in [2.45, 2.75) is 53.4 Å². The van der Waals surface area contributed by atoms with Gasteiger partial charge >= 0.3 is 0 Å². The molecule has 130 valence electrons. The van der Waals surface area contributed by atoms with E-state index in [0.29, 0.717) is 18.1 Å². The Morgan fingerprint density at radius 1 is 1.04 bits per heavy atom. The number of hydrogen-bond acceptors (Lipinski definition) is 4. The summed E-state index contributed by atoms with van der Waals surface area (Å²) in [7, 11) is 0. The number of hydrogen-bond donors (Lipinski definition) is 1. The average Bonchev–Trinajstić information content (AvgIpc) is 2.53. The van der Waals surface area contributed by atoms with Crippen LogP contribution in [-0.2, 0) is 12.8 Å². The predicted octanol–water partition coefficient (Wildman–Crippen LogP) is 3.57. The van der Waals surface area contributed by atoms with Gasteiger partial charge in [0.25, 0.3) is 5.56 Å². The first-order valence-corrected chi connectivity index (χ1v) is 8.80. The summed E-state index contributed by atoms with van der Waals surface area (Å²) in [5.41, 5.74) is 4.60. The van der Waals surface area contributed by atoms with Gasteiger partial charge in [0, 0.05) is 22.3 Å². The molecular formula is C20H24N4O.